The minimum Gasteiger partial charge on any atom is -0.486 e. The molecule has 1 heterocycles. The van der Waals surface area contributed by atoms with Crippen molar-refractivity contribution in [3.8, 4) is 5.75 Å². The molecular formula is C21H18F3N3O3S. The van der Waals surface area contributed by atoms with Gasteiger partial charge in [-0.3, -0.25) is 10.2 Å². The second-order valence-electron chi connectivity index (χ2n) is 6.20. The SMILES string of the molecule is CCOC(=O)Cc1csc(NN=Cc2ccc(COc3ccc(F)c(F)c3F)cc2)n1. The lowest BCUT2D eigenvalue weighted by Gasteiger charge is -2.08. The van der Waals surface area contributed by atoms with Crippen molar-refractivity contribution in [1.82, 2.24) is 4.98 Å². The normalized spacial score (nSPS) is 11.0. The molecule has 0 radical (unpaired) electrons. The third-order valence-corrected chi connectivity index (χ3v) is 4.73. The van der Waals surface area contributed by atoms with E-state index in [0.717, 1.165) is 17.7 Å². The number of anilines is 1. The highest BCUT2D eigenvalue weighted by atomic mass is 32.1. The van der Waals surface area contributed by atoms with Crippen molar-refractivity contribution in [2.24, 2.45) is 5.10 Å². The van der Waals surface area contributed by atoms with Crippen LogP contribution in [0.5, 0.6) is 5.75 Å². The first-order valence-corrected chi connectivity index (χ1v) is 10.1. The number of ether oxygens (including phenoxy) is 2. The van der Waals surface area contributed by atoms with E-state index >= 15 is 0 Å². The summed E-state index contributed by atoms with van der Waals surface area (Å²) in [5.41, 5.74) is 4.87. The van der Waals surface area contributed by atoms with Crippen LogP contribution in [0.15, 0.2) is 46.9 Å². The summed E-state index contributed by atoms with van der Waals surface area (Å²) in [7, 11) is 0. The molecule has 0 spiro atoms. The van der Waals surface area contributed by atoms with Crippen molar-refractivity contribution < 1.29 is 27.4 Å². The largest absolute Gasteiger partial charge is 0.486 e. The van der Waals surface area contributed by atoms with Gasteiger partial charge in [0.05, 0.1) is 24.9 Å². The van der Waals surface area contributed by atoms with Gasteiger partial charge in [0, 0.05) is 5.38 Å². The summed E-state index contributed by atoms with van der Waals surface area (Å²) < 4.78 is 49.9. The number of rotatable bonds is 9. The molecule has 0 amide bonds. The first kappa shape index (κ1) is 22.3. The van der Waals surface area contributed by atoms with Gasteiger partial charge in [-0.25, -0.2) is 13.8 Å². The highest BCUT2D eigenvalue weighted by molar-refractivity contribution is 7.13. The van der Waals surface area contributed by atoms with Gasteiger partial charge in [-0.05, 0) is 30.2 Å². The summed E-state index contributed by atoms with van der Waals surface area (Å²) in [5, 5.41) is 6.38. The molecule has 0 saturated carbocycles. The number of esters is 1. The average molecular weight is 449 g/mol. The minimum atomic E-state index is -1.56. The fraction of sp³-hybridized carbons (Fsp3) is 0.190. The minimum absolute atomic E-state index is 0.0139. The molecule has 0 atom stereocenters. The van der Waals surface area contributed by atoms with Crippen LogP contribution < -0.4 is 10.2 Å². The number of carbonyl (C=O) groups excluding carboxylic acids is 1. The van der Waals surface area contributed by atoms with Crippen LogP contribution >= 0.6 is 11.3 Å². The van der Waals surface area contributed by atoms with E-state index in [9.17, 15) is 18.0 Å². The Labute approximate surface area is 180 Å². The van der Waals surface area contributed by atoms with Crippen LogP contribution in [0.1, 0.15) is 23.7 Å². The van der Waals surface area contributed by atoms with E-state index in [-0.39, 0.29) is 24.7 Å². The molecule has 162 valence electrons. The van der Waals surface area contributed by atoms with Gasteiger partial charge in [0.1, 0.15) is 6.61 Å². The van der Waals surface area contributed by atoms with Gasteiger partial charge in [0.2, 0.25) is 10.9 Å². The van der Waals surface area contributed by atoms with Gasteiger partial charge in [0.15, 0.2) is 17.4 Å². The number of nitrogens with one attached hydrogen (secondary N) is 1. The van der Waals surface area contributed by atoms with Gasteiger partial charge in [-0.2, -0.15) is 9.49 Å². The Morgan fingerprint density at radius 1 is 1.16 bits per heavy atom. The Morgan fingerprint density at radius 2 is 1.94 bits per heavy atom. The number of carbonyl (C=O) groups is 1. The molecule has 2 aromatic carbocycles. The van der Waals surface area contributed by atoms with Crippen molar-refractivity contribution >= 4 is 28.7 Å². The molecule has 3 rings (SSSR count). The summed E-state index contributed by atoms with van der Waals surface area (Å²) in [6.07, 6.45) is 1.68. The highest BCUT2D eigenvalue weighted by Gasteiger charge is 2.14. The summed E-state index contributed by atoms with van der Waals surface area (Å²) in [5.74, 6) is -4.89. The third-order valence-electron chi connectivity index (χ3n) is 3.93. The molecule has 0 unspecified atom stereocenters. The fourth-order valence-corrected chi connectivity index (χ4v) is 3.10. The van der Waals surface area contributed by atoms with E-state index in [0.29, 0.717) is 23.0 Å². The highest BCUT2D eigenvalue weighted by Crippen LogP contribution is 2.23. The summed E-state index contributed by atoms with van der Waals surface area (Å²) >= 11 is 1.31. The van der Waals surface area contributed by atoms with Crippen LogP contribution in [0.3, 0.4) is 0 Å². The zero-order valence-electron chi connectivity index (χ0n) is 16.4. The van der Waals surface area contributed by atoms with E-state index in [1.54, 1.807) is 42.8 Å². The maximum absolute atomic E-state index is 13.6. The summed E-state index contributed by atoms with van der Waals surface area (Å²) in [6, 6.07) is 8.85. The van der Waals surface area contributed by atoms with Crippen LogP contribution in [-0.4, -0.2) is 23.8 Å². The van der Waals surface area contributed by atoms with Crippen LogP contribution in [0.4, 0.5) is 18.3 Å². The smallest absolute Gasteiger partial charge is 0.311 e. The Hall–Kier alpha value is -3.40. The Bertz CT molecular complexity index is 1070. The lowest BCUT2D eigenvalue weighted by molar-refractivity contribution is -0.142. The van der Waals surface area contributed by atoms with E-state index in [4.69, 9.17) is 9.47 Å². The van der Waals surface area contributed by atoms with E-state index in [2.05, 4.69) is 15.5 Å². The quantitative estimate of drug-likeness (QED) is 0.222. The molecule has 3 aromatic rings. The van der Waals surface area contributed by atoms with Gasteiger partial charge in [0.25, 0.3) is 0 Å². The van der Waals surface area contributed by atoms with Crippen molar-refractivity contribution in [3.63, 3.8) is 0 Å². The lowest BCUT2D eigenvalue weighted by Crippen LogP contribution is -2.07. The zero-order valence-corrected chi connectivity index (χ0v) is 17.2. The molecule has 0 fully saturated rings. The van der Waals surface area contributed by atoms with E-state index in [1.807, 2.05) is 0 Å². The van der Waals surface area contributed by atoms with Crippen LogP contribution in [0.25, 0.3) is 0 Å². The number of hydrogen-bond donors (Lipinski definition) is 1. The van der Waals surface area contributed by atoms with Crippen LogP contribution in [0, 0.1) is 17.5 Å². The third kappa shape index (κ3) is 6.29. The van der Waals surface area contributed by atoms with Crippen molar-refractivity contribution in [2.75, 3.05) is 12.0 Å². The monoisotopic (exact) mass is 449 g/mol. The van der Waals surface area contributed by atoms with Crippen LogP contribution in [-0.2, 0) is 22.6 Å². The molecule has 1 N–H and O–H groups in total. The molecule has 6 nitrogen and oxygen atoms in total. The number of aromatic nitrogens is 1. The number of halogens is 3. The first-order valence-electron chi connectivity index (χ1n) is 9.20. The fourth-order valence-electron chi connectivity index (χ4n) is 2.44. The number of thiazole rings is 1. The Balaban J connectivity index is 1.50. The molecule has 1 aromatic heterocycles. The molecule has 0 bridgehead atoms. The topological polar surface area (TPSA) is 72.8 Å². The lowest BCUT2D eigenvalue weighted by atomic mass is 10.1. The zero-order chi connectivity index (χ0) is 22.2. The maximum Gasteiger partial charge on any atom is 0.311 e. The van der Waals surface area contributed by atoms with Gasteiger partial charge < -0.3 is 9.47 Å². The number of nitrogens with zero attached hydrogens (tertiary/aromatic N) is 2. The van der Waals surface area contributed by atoms with Gasteiger partial charge in [-0.15, -0.1) is 11.3 Å². The molecule has 0 aliphatic heterocycles. The Morgan fingerprint density at radius 3 is 2.68 bits per heavy atom. The van der Waals surface area contributed by atoms with E-state index in [1.165, 1.54) is 11.3 Å². The molecule has 0 aliphatic rings. The van der Waals surface area contributed by atoms with Crippen molar-refractivity contribution in [1.29, 1.82) is 0 Å². The second kappa shape index (κ2) is 10.6. The maximum atomic E-state index is 13.6. The summed E-state index contributed by atoms with van der Waals surface area (Å²) in [4.78, 5) is 15.7. The van der Waals surface area contributed by atoms with Crippen LogP contribution in [0.2, 0.25) is 0 Å². The average Bonchev–Trinajstić information content (AvgIpc) is 3.19. The van der Waals surface area contributed by atoms with E-state index < -0.39 is 17.5 Å². The summed E-state index contributed by atoms with van der Waals surface area (Å²) in [6.45, 7) is 2.05. The van der Waals surface area contributed by atoms with Gasteiger partial charge in [-0.1, -0.05) is 24.3 Å². The first-order chi connectivity index (χ1) is 15.0. The molecule has 31 heavy (non-hydrogen) atoms. The van der Waals surface area contributed by atoms with Gasteiger partial charge >= 0.3 is 5.97 Å². The van der Waals surface area contributed by atoms with Crippen molar-refractivity contribution in [2.45, 2.75) is 20.0 Å². The molecular weight excluding hydrogens is 431 g/mol. The number of hydrogen-bond acceptors (Lipinski definition) is 7. The molecule has 0 aliphatic carbocycles. The number of hydrazone groups is 1. The predicted molar refractivity (Wildman–Crippen MR) is 111 cm³/mol. The van der Waals surface area contributed by atoms with Crippen molar-refractivity contribution in [3.05, 3.63) is 76.1 Å². The predicted octanol–water partition coefficient (Wildman–Crippen LogP) is 4.69. The molecule has 0 saturated heterocycles. The second-order valence-corrected chi connectivity index (χ2v) is 7.06. The Kier molecular flexibility index (Phi) is 7.60. The standard InChI is InChI=1S/C21H18F3N3O3S/c1-2-29-18(28)9-15-12-31-21(26-15)27-25-10-13-3-5-14(6-4-13)11-30-17-8-7-16(22)19(23)20(17)24/h3-8,10,12H,2,9,11H2,1H3,(H,26,27). The molecule has 10 heteroatoms. The number of benzene rings is 2.